The summed E-state index contributed by atoms with van der Waals surface area (Å²) in [5.74, 6) is -0.905. The average Bonchev–Trinajstić information content (AvgIpc) is 2.91. The normalized spacial score (nSPS) is 17.1. The molecule has 0 aromatic carbocycles. The molecule has 122 valence electrons. The topological polar surface area (TPSA) is 69.6 Å². The van der Waals surface area contributed by atoms with E-state index >= 15 is 0 Å². The van der Waals surface area contributed by atoms with E-state index in [1.54, 1.807) is 0 Å². The molecule has 0 aliphatic heterocycles. The van der Waals surface area contributed by atoms with Crippen LogP contribution in [0.15, 0.2) is 0 Å². The third-order valence-electron chi connectivity index (χ3n) is 4.17. The summed E-state index contributed by atoms with van der Waals surface area (Å²) < 4.78 is 0. The predicted molar refractivity (Wildman–Crippen MR) is 83.2 cm³/mol. The zero-order valence-electron chi connectivity index (χ0n) is 13.4. The number of nitrogens with one attached hydrogen (secondary N) is 1. The van der Waals surface area contributed by atoms with Crippen molar-refractivity contribution in [3.63, 3.8) is 0 Å². The lowest BCUT2D eigenvalue weighted by atomic mass is 10.1. The first-order valence-electron chi connectivity index (χ1n) is 8.28. The quantitative estimate of drug-likeness (QED) is 0.608. The number of carbonyl (C=O) groups excluding carboxylic acids is 1. The molecule has 1 fully saturated rings. The van der Waals surface area contributed by atoms with E-state index in [9.17, 15) is 9.59 Å². The van der Waals surface area contributed by atoms with E-state index in [4.69, 9.17) is 5.11 Å². The summed E-state index contributed by atoms with van der Waals surface area (Å²) in [7, 11) is 0. The van der Waals surface area contributed by atoms with Gasteiger partial charge in [0.25, 0.3) is 0 Å². The first kappa shape index (κ1) is 18.0. The van der Waals surface area contributed by atoms with Crippen molar-refractivity contribution in [1.82, 2.24) is 10.2 Å². The van der Waals surface area contributed by atoms with E-state index in [1.165, 1.54) is 12.8 Å². The summed E-state index contributed by atoms with van der Waals surface area (Å²) in [6.45, 7) is 4.34. The molecule has 5 nitrogen and oxygen atoms in total. The van der Waals surface area contributed by atoms with Gasteiger partial charge in [-0.25, -0.2) is 0 Å². The van der Waals surface area contributed by atoms with Gasteiger partial charge >= 0.3 is 5.97 Å². The number of amides is 1. The van der Waals surface area contributed by atoms with E-state index in [-0.39, 0.29) is 31.1 Å². The lowest BCUT2D eigenvalue weighted by Crippen LogP contribution is -2.46. The summed E-state index contributed by atoms with van der Waals surface area (Å²) >= 11 is 0. The van der Waals surface area contributed by atoms with E-state index in [2.05, 4.69) is 12.2 Å². The highest BCUT2D eigenvalue weighted by molar-refractivity contribution is 5.79. The van der Waals surface area contributed by atoms with Crippen molar-refractivity contribution in [2.45, 2.75) is 77.3 Å². The molecule has 0 heterocycles. The van der Waals surface area contributed by atoms with Crippen LogP contribution in [0.4, 0.5) is 0 Å². The summed E-state index contributed by atoms with van der Waals surface area (Å²) in [4.78, 5) is 24.9. The second kappa shape index (κ2) is 9.77. The minimum absolute atomic E-state index is 0.0394. The first-order valence-corrected chi connectivity index (χ1v) is 8.28. The van der Waals surface area contributed by atoms with Crippen molar-refractivity contribution in [3.8, 4) is 0 Å². The second-order valence-corrected chi connectivity index (χ2v) is 6.20. The Morgan fingerprint density at radius 1 is 1.24 bits per heavy atom. The highest BCUT2D eigenvalue weighted by atomic mass is 16.4. The Bertz CT molecular complexity index is 327. The molecule has 1 saturated carbocycles. The number of rotatable bonds is 10. The SMILES string of the molecule is CCCCCC(C)NC(=O)CN(CC(=O)O)C1CCCC1. The number of aliphatic carboxylic acids is 1. The molecule has 1 rings (SSSR count). The van der Waals surface area contributed by atoms with Crippen LogP contribution in [0.1, 0.15) is 65.2 Å². The minimum Gasteiger partial charge on any atom is -0.480 e. The monoisotopic (exact) mass is 298 g/mol. The Labute approximate surface area is 128 Å². The number of nitrogens with zero attached hydrogens (tertiary/aromatic N) is 1. The molecule has 21 heavy (non-hydrogen) atoms. The number of unbranched alkanes of at least 4 members (excludes halogenated alkanes) is 2. The Hall–Kier alpha value is -1.10. The molecular formula is C16H30N2O3. The molecule has 1 aliphatic carbocycles. The van der Waals surface area contributed by atoms with Crippen LogP contribution in [0.5, 0.6) is 0 Å². The maximum absolute atomic E-state index is 12.1. The van der Waals surface area contributed by atoms with Gasteiger partial charge in [0.2, 0.25) is 5.91 Å². The molecular weight excluding hydrogens is 268 g/mol. The van der Waals surface area contributed by atoms with Crippen molar-refractivity contribution < 1.29 is 14.7 Å². The van der Waals surface area contributed by atoms with Crippen LogP contribution in [0.2, 0.25) is 0 Å². The van der Waals surface area contributed by atoms with Crippen LogP contribution in [0, 0.1) is 0 Å². The minimum atomic E-state index is -0.856. The van der Waals surface area contributed by atoms with Crippen molar-refractivity contribution in [2.75, 3.05) is 13.1 Å². The second-order valence-electron chi connectivity index (χ2n) is 6.20. The highest BCUT2D eigenvalue weighted by Gasteiger charge is 2.26. The summed E-state index contributed by atoms with van der Waals surface area (Å²) in [6.07, 6.45) is 8.76. The largest absolute Gasteiger partial charge is 0.480 e. The molecule has 5 heteroatoms. The lowest BCUT2D eigenvalue weighted by molar-refractivity contribution is -0.139. The van der Waals surface area contributed by atoms with Crippen molar-refractivity contribution in [3.05, 3.63) is 0 Å². The number of carboxylic acid groups (broad SMARTS) is 1. The molecule has 2 N–H and O–H groups in total. The van der Waals surface area contributed by atoms with Gasteiger partial charge in [-0.15, -0.1) is 0 Å². The van der Waals surface area contributed by atoms with Gasteiger partial charge in [-0.05, 0) is 26.2 Å². The zero-order valence-corrected chi connectivity index (χ0v) is 13.4. The molecule has 0 aromatic heterocycles. The Morgan fingerprint density at radius 3 is 2.48 bits per heavy atom. The molecule has 0 radical (unpaired) electrons. The van der Waals surface area contributed by atoms with E-state index in [0.29, 0.717) is 0 Å². The van der Waals surface area contributed by atoms with Gasteiger partial charge in [0, 0.05) is 12.1 Å². The maximum Gasteiger partial charge on any atom is 0.317 e. The molecule has 0 spiro atoms. The van der Waals surface area contributed by atoms with Crippen LogP contribution in [0.3, 0.4) is 0 Å². The molecule has 1 unspecified atom stereocenters. The predicted octanol–water partition coefficient (Wildman–Crippen LogP) is 2.40. The smallest absolute Gasteiger partial charge is 0.317 e. The Kier molecular flexibility index (Phi) is 8.35. The van der Waals surface area contributed by atoms with E-state index in [1.807, 2.05) is 11.8 Å². The van der Waals surface area contributed by atoms with Gasteiger partial charge in [-0.3, -0.25) is 14.5 Å². The third-order valence-corrected chi connectivity index (χ3v) is 4.17. The molecule has 0 bridgehead atoms. The van der Waals surface area contributed by atoms with Crippen LogP contribution >= 0.6 is 0 Å². The van der Waals surface area contributed by atoms with Gasteiger partial charge < -0.3 is 10.4 Å². The van der Waals surface area contributed by atoms with E-state index < -0.39 is 5.97 Å². The number of carboxylic acids is 1. The first-order chi connectivity index (χ1) is 10.0. The fraction of sp³-hybridized carbons (Fsp3) is 0.875. The summed E-state index contributed by atoms with van der Waals surface area (Å²) in [5.41, 5.74) is 0. The van der Waals surface area contributed by atoms with E-state index in [0.717, 1.165) is 38.5 Å². The van der Waals surface area contributed by atoms with Gasteiger partial charge in [0.05, 0.1) is 13.1 Å². The summed E-state index contributed by atoms with van der Waals surface area (Å²) in [6, 6.07) is 0.418. The fourth-order valence-electron chi connectivity index (χ4n) is 3.03. The maximum atomic E-state index is 12.1. The van der Waals surface area contributed by atoms with Crippen LogP contribution in [-0.4, -0.2) is 47.1 Å². The van der Waals surface area contributed by atoms with Gasteiger partial charge in [-0.2, -0.15) is 0 Å². The van der Waals surface area contributed by atoms with Crippen molar-refractivity contribution in [2.24, 2.45) is 0 Å². The average molecular weight is 298 g/mol. The Morgan fingerprint density at radius 2 is 1.90 bits per heavy atom. The lowest BCUT2D eigenvalue weighted by Gasteiger charge is -2.27. The fourth-order valence-corrected chi connectivity index (χ4v) is 3.03. The number of carbonyl (C=O) groups is 2. The number of hydrogen-bond acceptors (Lipinski definition) is 3. The molecule has 0 saturated heterocycles. The molecule has 1 amide bonds. The Balaban J connectivity index is 2.38. The standard InChI is InChI=1S/C16H30N2O3/c1-3-4-5-8-13(2)17-15(19)11-18(12-16(20)21)14-9-6-7-10-14/h13-14H,3-12H2,1-2H3,(H,17,19)(H,20,21). The van der Waals surface area contributed by atoms with Gasteiger partial charge in [0.15, 0.2) is 0 Å². The van der Waals surface area contributed by atoms with Gasteiger partial charge in [0.1, 0.15) is 0 Å². The summed E-state index contributed by atoms with van der Waals surface area (Å²) in [5, 5.41) is 12.0. The third kappa shape index (κ3) is 7.46. The van der Waals surface area contributed by atoms with Crippen molar-refractivity contribution in [1.29, 1.82) is 0 Å². The highest BCUT2D eigenvalue weighted by Crippen LogP contribution is 2.23. The van der Waals surface area contributed by atoms with Crippen LogP contribution in [-0.2, 0) is 9.59 Å². The molecule has 1 atom stereocenters. The molecule has 0 aromatic rings. The molecule has 1 aliphatic rings. The number of hydrogen-bond donors (Lipinski definition) is 2. The van der Waals surface area contributed by atoms with Crippen molar-refractivity contribution >= 4 is 11.9 Å². The van der Waals surface area contributed by atoms with Crippen LogP contribution < -0.4 is 5.32 Å². The van der Waals surface area contributed by atoms with Crippen LogP contribution in [0.25, 0.3) is 0 Å². The van der Waals surface area contributed by atoms with Gasteiger partial charge in [-0.1, -0.05) is 39.0 Å². The zero-order chi connectivity index (χ0) is 15.7.